The Balaban J connectivity index is 1.30. The number of hydrogen-bond acceptors (Lipinski definition) is 9. The van der Waals surface area contributed by atoms with Gasteiger partial charge in [-0.25, -0.2) is 14.6 Å². The number of nitrogens with one attached hydrogen (secondary N) is 2. The third-order valence-electron chi connectivity index (χ3n) is 8.03. The van der Waals surface area contributed by atoms with Crippen LogP contribution in [0.2, 0.25) is 5.02 Å². The highest BCUT2D eigenvalue weighted by Gasteiger charge is 2.24. The first-order valence-corrected chi connectivity index (χ1v) is 14.7. The maximum Gasteiger partial charge on any atom is 0.278 e. The Hall–Kier alpha value is -4.35. The molecule has 3 N–H and O–H groups in total. The number of halogens is 1. The predicted octanol–water partition coefficient (Wildman–Crippen LogP) is 5.01. The number of aryl methyl sites for hydroxylation is 1. The van der Waals surface area contributed by atoms with Crippen molar-refractivity contribution in [3.63, 3.8) is 0 Å². The van der Waals surface area contributed by atoms with Gasteiger partial charge in [-0.2, -0.15) is 5.10 Å². The van der Waals surface area contributed by atoms with Crippen LogP contribution < -0.4 is 20.9 Å². The highest BCUT2D eigenvalue weighted by Crippen LogP contribution is 2.39. The van der Waals surface area contributed by atoms with Crippen molar-refractivity contribution < 1.29 is 14.6 Å². The van der Waals surface area contributed by atoms with Crippen molar-refractivity contribution in [1.29, 1.82) is 0 Å². The van der Waals surface area contributed by atoms with E-state index in [2.05, 4.69) is 20.7 Å². The number of nitrogens with zero attached hydrogens (tertiary/aromatic N) is 4. The van der Waals surface area contributed by atoms with E-state index in [0.29, 0.717) is 52.9 Å². The van der Waals surface area contributed by atoms with Gasteiger partial charge in [0.15, 0.2) is 0 Å². The van der Waals surface area contributed by atoms with E-state index in [1.807, 2.05) is 55.5 Å². The van der Waals surface area contributed by atoms with Crippen LogP contribution in [0.5, 0.6) is 5.88 Å². The van der Waals surface area contributed by atoms with Gasteiger partial charge in [0, 0.05) is 60.2 Å². The number of hydrogen-bond donors (Lipinski definition) is 3. The van der Waals surface area contributed by atoms with E-state index in [9.17, 15) is 9.90 Å². The average Bonchev–Trinajstić information content (AvgIpc) is 3.04. The zero-order valence-electron chi connectivity index (χ0n) is 24.7. The summed E-state index contributed by atoms with van der Waals surface area (Å²) in [5.74, 6) is 0.951. The molecule has 0 aliphatic carbocycles. The molecule has 10 nitrogen and oxygen atoms in total. The fourth-order valence-electron chi connectivity index (χ4n) is 5.53. The quantitative estimate of drug-likeness (QED) is 0.222. The average molecular weight is 613 g/mol. The number of pyridine rings is 2. The van der Waals surface area contributed by atoms with Crippen molar-refractivity contribution in [2.24, 2.45) is 7.05 Å². The van der Waals surface area contributed by atoms with Gasteiger partial charge >= 0.3 is 0 Å². The number of aromatic nitrogens is 4. The SMILES string of the molecule is COc1nc(-c2cccc(-c3cccc(Nc4nccc5cnn(C)c(=O)c45)c3C)c2Cl)ccc1CN[C@@H]1CCOC[C@@H]1O. The van der Waals surface area contributed by atoms with E-state index in [0.717, 1.165) is 39.9 Å². The zero-order chi connectivity index (χ0) is 30.8. The minimum Gasteiger partial charge on any atom is -0.481 e. The smallest absolute Gasteiger partial charge is 0.278 e. The lowest BCUT2D eigenvalue weighted by Crippen LogP contribution is -2.46. The molecule has 0 spiro atoms. The van der Waals surface area contributed by atoms with Crippen molar-refractivity contribution >= 4 is 33.9 Å². The fourth-order valence-corrected chi connectivity index (χ4v) is 5.85. The number of anilines is 2. The lowest BCUT2D eigenvalue weighted by atomic mass is 9.96. The summed E-state index contributed by atoms with van der Waals surface area (Å²) in [5, 5.41) is 22.8. The monoisotopic (exact) mass is 612 g/mol. The molecule has 6 rings (SSSR count). The fraction of sp³-hybridized carbons (Fsp3) is 0.273. The lowest BCUT2D eigenvalue weighted by molar-refractivity contribution is -0.0281. The van der Waals surface area contributed by atoms with Crippen LogP contribution in [0.25, 0.3) is 33.2 Å². The molecule has 2 aromatic carbocycles. The van der Waals surface area contributed by atoms with Crippen LogP contribution in [-0.4, -0.2) is 57.3 Å². The number of fused-ring (bicyclic) bond motifs is 1. The van der Waals surface area contributed by atoms with Gasteiger partial charge < -0.3 is 25.2 Å². The highest BCUT2D eigenvalue weighted by molar-refractivity contribution is 6.36. The standard InChI is InChI=1S/C33H33ClN6O4/c1-19-22(6-5-9-25(19)38-31-29-20(12-14-35-31)17-37-40(2)33(29)42)23-7-4-8-24(30(23)34)26-11-10-21(32(39-26)43-3)16-36-27-13-15-44-18-28(27)41/h4-12,14,17,27-28,36,41H,13,15-16,18H2,1-3H3,(H,35,38)/t27-,28+/m1/s1. The lowest BCUT2D eigenvalue weighted by Gasteiger charge is -2.28. The van der Waals surface area contributed by atoms with Crippen molar-refractivity contribution in [3.05, 3.63) is 93.5 Å². The molecule has 0 amide bonds. The summed E-state index contributed by atoms with van der Waals surface area (Å²) in [6, 6.07) is 17.4. The van der Waals surface area contributed by atoms with E-state index in [1.54, 1.807) is 32.6 Å². The van der Waals surface area contributed by atoms with Crippen molar-refractivity contribution in [2.75, 3.05) is 25.6 Å². The van der Waals surface area contributed by atoms with Crippen LogP contribution in [0.1, 0.15) is 17.5 Å². The largest absolute Gasteiger partial charge is 0.481 e. The van der Waals surface area contributed by atoms with Crippen LogP contribution in [0, 0.1) is 6.92 Å². The number of ether oxygens (including phenoxy) is 2. The van der Waals surface area contributed by atoms with Crippen LogP contribution >= 0.6 is 11.6 Å². The molecule has 1 saturated heterocycles. The Kier molecular flexibility index (Phi) is 8.58. The minimum absolute atomic E-state index is 0.0495. The maximum atomic E-state index is 12.9. The summed E-state index contributed by atoms with van der Waals surface area (Å²) in [6.45, 7) is 3.45. The first-order valence-electron chi connectivity index (χ1n) is 14.4. The molecule has 0 radical (unpaired) electrons. The molecule has 1 fully saturated rings. The van der Waals surface area contributed by atoms with Crippen LogP contribution in [0.4, 0.5) is 11.5 Å². The summed E-state index contributed by atoms with van der Waals surface area (Å²) in [6.07, 6.45) is 3.50. The normalized spacial score (nSPS) is 16.7. The Morgan fingerprint density at radius 3 is 2.73 bits per heavy atom. The van der Waals surface area contributed by atoms with Gasteiger partial charge in [-0.05, 0) is 42.7 Å². The molecule has 11 heteroatoms. The van der Waals surface area contributed by atoms with Crippen molar-refractivity contribution in [3.8, 4) is 28.3 Å². The molecule has 1 aliphatic rings. The van der Waals surface area contributed by atoms with Crippen LogP contribution in [0.15, 0.2) is 71.8 Å². The Bertz CT molecular complexity index is 1900. The molecule has 1 aliphatic heterocycles. The first kappa shape index (κ1) is 29.7. The number of aliphatic hydroxyl groups excluding tert-OH is 1. The summed E-state index contributed by atoms with van der Waals surface area (Å²) in [7, 11) is 3.21. The van der Waals surface area contributed by atoms with E-state index in [1.165, 1.54) is 4.68 Å². The van der Waals surface area contributed by atoms with E-state index < -0.39 is 6.10 Å². The van der Waals surface area contributed by atoms with Gasteiger partial charge in [-0.1, -0.05) is 48.0 Å². The van der Waals surface area contributed by atoms with Crippen molar-refractivity contribution in [2.45, 2.75) is 32.0 Å². The molecule has 5 aromatic rings. The second-order valence-corrected chi connectivity index (χ2v) is 11.1. The maximum absolute atomic E-state index is 12.9. The molecule has 0 bridgehead atoms. The van der Waals surface area contributed by atoms with Gasteiger partial charge in [0.2, 0.25) is 5.88 Å². The topological polar surface area (TPSA) is 123 Å². The summed E-state index contributed by atoms with van der Waals surface area (Å²) >= 11 is 7.08. The first-order chi connectivity index (χ1) is 21.4. The molecule has 0 saturated carbocycles. The summed E-state index contributed by atoms with van der Waals surface area (Å²) in [4.78, 5) is 22.1. The Labute approximate surface area is 259 Å². The molecule has 226 valence electrons. The van der Waals surface area contributed by atoms with Crippen LogP contribution in [0.3, 0.4) is 0 Å². The van der Waals surface area contributed by atoms with Gasteiger partial charge in [-0.15, -0.1) is 0 Å². The number of aliphatic hydroxyl groups is 1. The van der Waals surface area contributed by atoms with E-state index >= 15 is 0 Å². The minimum atomic E-state index is -0.548. The number of methoxy groups -OCH3 is 1. The van der Waals surface area contributed by atoms with E-state index in [4.69, 9.17) is 26.1 Å². The molecular weight excluding hydrogens is 580 g/mol. The van der Waals surface area contributed by atoms with Crippen LogP contribution in [-0.2, 0) is 18.3 Å². The van der Waals surface area contributed by atoms with E-state index in [-0.39, 0.29) is 11.6 Å². The second kappa shape index (κ2) is 12.7. The summed E-state index contributed by atoms with van der Waals surface area (Å²) in [5.41, 5.74) is 5.62. The predicted molar refractivity (Wildman–Crippen MR) is 172 cm³/mol. The third kappa shape index (κ3) is 5.77. The molecule has 0 unspecified atom stereocenters. The molecule has 2 atom stereocenters. The summed E-state index contributed by atoms with van der Waals surface area (Å²) < 4.78 is 12.3. The van der Waals surface area contributed by atoms with Gasteiger partial charge in [0.25, 0.3) is 5.56 Å². The number of benzene rings is 2. The molecule has 4 heterocycles. The highest BCUT2D eigenvalue weighted by atomic mass is 35.5. The zero-order valence-corrected chi connectivity index (χ0v) is 25.4. The Morgan fingerprint density at radius 2 is 1.91 bits per heavy atom. The Morgan fingerprint density at radius 1 is 1.11 bits per heavy atom. The van der Waals surface area contributed by atoms with Crippen molar-refractivity contribution in [1.82, 2.24) is 25.1 Å². The number of rotatable bonds is 8. The second-order valence-electron chi connectivity index (χ2n) is 10.8. The molecular formula is C33H33ClN6O4. The van der Waals surface area contributed by atoms with Gasteiger partial charge in [-0.3, -0.25) is 4.79 Å². The third-order valence-corrected chi connectivity index (χ3v) is 8.43. The molecule has 3 aromatic heterocycles. The molecule has 44 heavy (non-hydrogen) atoms. The van der Waals surface area contributed by atoms with Gasteiger partial charge in [0.05, 0.1) is 42.1 Å². The van der Waals surface area contributed by atoms with Gasteiger partial charge in [0.1, 0.15) is 5.82 Å².